The van der Waals surface area contributed by atoms with E-state index >= 15 is 0 Å². The Labute approximate surface area is 171 Å². The van der Waals surface area contributed by atoms with Gasteiger partial charge in [0.2, 0.25) is 5.91 Å². The van der Waals surface area contributed by atoms with Gasteiger partial charge >= 0.3 is 0 Å². The van der Waals surface area contributed by atoms with E-state index < -0.39 is 5.41 Å². The van der Waals surface area contributed by atoms with Gasteiger partial charge in [0.25, 0.3) is 0 Å². The number of methoxy groups -OCH3 is 1. The topological polar surface area (TPSA) is 38.3 Å². The van der Waals surface area contributed by atoms with Crippen molar-refractivity contribution < 1.29 is 13.9 Å². The van der Waals surface area contributed by atoms with Crippen LogP contribution in [0, 0.1) is 11.2 Å². The molecule has 3 nitrogen and oxygen atoms in total. The number of ether oxygens (including phenoxy) is 1. The van der Waals surface area contributed by atoms with Gasteiger partial charge in [-0.3, -0.25) is 4.79 Å². The van der Waals surface area contributed by atoms with E-state index in [1.807, 2.05) is 50.2 Å². The Kier molecular flexibility index (Phi) is 6.45. The largest absolute Gasteiger partial charge is 0.380 e. The summed E-state index contributed by atoms with van der Waals surface area (Å²) in [5.74, 6) is -0.345. The number of anilines is 1. The first-order valence-corrected chi connectivity index (χ1v) is 9.61. The molecule has 0 radical (unpaired) electrons. The molecule has 0 fully saturated rings. The van der Waals surface area contributed by atoms with Crippen molar-refractivity contribution in [2.24, 2.45) is 5.41 Å². The molecule has 3 rings (SSSR count). The average Bonchev–Trinajstić information content (AvgIpc) is 2.71. The van der Waals surface area contributed by atoms with Crippen LogP contribution in [-0.2, 0) is 22.6 Å². The molecule has 29 heavy (non-hydrogen) atoms. The first-order chi connectivity index (χ1) is 13.9. The van der Waals surface area contributed by atoms with Crippen LogP contribution in [-0.4, -0.2) is 13.0 Å². The molecule has 0 atom stereocenters. The first-order valence-electron chi connectivity index (χ1n) is 9.61. The van der Waals surface area contributed by atoms with Gasteiger partial charge in [-0.25, -0.2) is 4.39 Å². The van der Waals surface area contributed by atoms with Gasteiger partial charge < -0.3 is 10.1 Å². The fourth-order valence-electron chi connectivity index (χ4n) is 3.20. The minimum Gasteiger partial charge on any atom is -0.380 e. The summed E-state index contributed by atoms with van der Waals surface area (Å²) in [4.78, 5) is 12.8. The van der Waals surface area contributed by atoms with E-state index in [0.29, 0.717) is 13.0 Å². The van der Waals surface area contributed by atoms with Gasteiger partial charge in [-0.05, 0) is 52.9 Å². The lowest BCUT2D eigenvalue weighted by molar-refractivity contribution is -0.123. The Balaban J connectivity index is 1.65. The smallest absolute Gasteiger partial charge is 0.230 e. The summed E-state index contributed by atoms with van der Waals surface area (Å²) in [6, 6.07) is 22.3. The molecule has 0 bridgehead atoms. The van der Waals surface area contributed by atoms with Crippen molar-refractivity contribution in [3.8, 4) is 11.1 Å². The maximum absolute atomic E-state index is 13.1. The summed E-state index contributed by atoms with van der Waals surface area (Å²) in [7, 11) is 1.68. The molecular weight excluding hydrogens is 365 g/mol. The fourth-order valence-corrected chi connectivity index (χ4v) is 3.20. The number of nitrogens with one attached hydrogen (secondary N) is 1. The van der Waals surface area contributed by atoms with Crippen molar-refractivity contribution in [1.29, 1.82) is 0 Å². The lowest BCUT2D eigenvalue weighted by Crippen LogP contribution is -2.32. The number of hydrogen-bond donors (Lipinski definition) is 1. The predicted octanol–water partition coefficient (Wildman–Crippen LogP) is 5.85. The van der Waals surface area contributed by atoms with Crippen molar-refractivity contribution in [3.05, 3.63) is 89.7 Å². The highest BCUT2D eigenvalue weighted by Gasteiger charge is 2.28. The van der Waals surface area contributed by atoms with E-state index in [0.717, 1.165) is 27.9 Å². The molecule has 0 aliphatic rings. The minimum absolute atomic E-state index is 0.0708. The Bertz CT molecular complexity index is 946. The van der Waals surface area contributed by atoms with Crippen LogP contribution in [0.5, 0.6) is 0 Å². The molecular formula is C25H26FNO2. The summed E-state index contributed by atoms with van der Waals surface area (Å²) < 4.78 is 18.2. The summed E-state index contributed by atoms with van der Waals surface area (Å²) in [5.41, 5.74) is 4.38. The molecule has 0 unspecified atom stereocenters. The Morgan fingerprint density at radius 2 is 1.38 bits per heavy atom. The third-order valence-corrected chi connectivity index (χ3v) is 4.92. The predicted molar refractivity (Wildman–Crippen MR) is 115 cm³/mol. The summed E-state index contributed by atoms with van der Waals surface area (Å²) in [5, 5.41) is 2.99. The quantitative estimate of drug-likeness (QED) is 0.549. The van der Waals surface area contributed by atoms with E-state index in [1.54, 1.807) is 19.2 Å². The van der Waals surface area contributed by atoms with Gasteiger partial charge in [-0.15, -0.1) is 0 Å². The van der Waals surface area contributed by atoms with Crippen molar-refractivity contribution in [1.82, 2.24) is 0 Å². The number of carbonyl (C=O) groups is 1. The second-order valence-corrected chi connectivity index (χ2v) is 7.85. The van der Waals surface area contributed by atoms with E-state index in [4.69, 9.17) is 4.74 Å². The molecule has 3 aromatic carbocycles. The molecule has 0 aliphatic heterocycles. The van der Waals surface area contributed by atoms with Crippen LogP contribution in [0.3, 0.4) is 0 Å². The maximum Gasteiger partial charge on any atom is 0.230 e. The van der Waals surface area contributed by atoms with Crippen molar-refractivity contribution in [2.45, 2.75) is 26.9 Å². The number of amides is 1. The van der Waals surface area contributed by atoms with E-state index in [1.165, 1.54) is 12.1 Å². The molecule has 0 saturated carbocycles. The lowest BCUT2D eigenvalue weighted by atomic mass is 9.84. The second kappa shape index (κ2) is 9.01. The fraction of sp³-hybridized carbons (Fsp3) is 0.240. The number of rotatable bonds is 7. The second-order valence-electron chi connectivity index (χ2n) is 7.85. The van der Waals surface area contributed by atoms with Crippen LogP contribution in [0.15, 0.2) is 72.8 Å². The number of carbonyl (C=O) groups excluding carboxylic acids is 1. The highest BCUT2D eigenvalue weighted by atomic mass is 19.1. The molecule has 4 heteroatoms. The van der Waals surface area contributed by atoms with Gasteiger partial charge in [0.1, 0.15) is 5.82 Å². The van der Waals surface area contributed by atoms with Crippen LogP contribution >= 0.6 is 0 Å². The molecule has 3 aromatic rings. The molecule has 0 aliphatic carbocycles. The van der Waals surface area contributed by atoms with E-state index in [2.05, 4.69) is 17.4 Å². The zero-order chi connectivity index (χ0) is 20.9. The van der Waals surface area contributed by atoms with Gasteiger partial charge in [0.05, 0.1) is 6.61 Å². The Morgan fingerprint density at radius 1 is 0.862 bits per heavy atom. The molecule has 0 aromatic heterocycles. The van der Waals surface area contributed by atoms with Crippen molar-refractivity contribution in [3.63, 3.8) is 0 Å². The van der Waals surface area contributed by atoms with Gasteiger partial charge in [0, 0.05) is 18.2 Å². The lowest BCUT2D eigenvalue weighted by Gasteiger charge is -2.24. The molecule has 0 saturated heterocycles. The van der Waals surface area contributed by atoms with Gasteiger partial charge in [-0.2, -0.15) is 0 Å². The summed E-state index contributed by atoms with van der Waals surface area (Å²) in [6.45, 7) is 4.38. The van der Waals surface area contributed by atoms with Crippen LogP contribution in [0.1, 0.15) is 25.0 Å². The standard InChI is InChI=1S/C25H26FNO2/c1-25(2,16-18-6-12-22(26)13-7-18)24(28)27-23-14-10-21(11-15-23)20-8-4-19(5-9-20)17-29-3/h4-15H,16-17H2,1-3H3,(H,27,28). The van der Waals surface area contributed by atoms with Crippen LogP contribution in [0.2, 0.25) is 0 Å². The summed E-state index contributed by atoms with van der Waals surface area (Å²) in [6.07, 6.45) is 0.533. The molecule has 150 valence electrons. The highest BCUT2D eigenvalue weighted by molar-refractivity contribution is 5.95. The monoisotopic (exact) mass is 391 g/mol. The van der Waals surface area contributed by atoms with Crippen LogP contribution in [0.25, 0.3) is 11.1 Å². The number of benzene rings is 3. The minimum atomic E-state index is -0.617. The normalized spacial score (nSPS) is 11.3. The van der Waals surface area contributed by atoms with Gasteiger partial charge in [0.15, 0.2) is 0 Å². The first kappa shape index (κ1) is 20.7. The van der Waals surface area contributed by atoms with E-state index in [-0.39, 0.29) is 11.7 Å². The van der Waals surface area contributed by atoms with Crippen molar-refractivity contribution >= 4 is 11.6 Å². The van der Waals surface area contributed by atoms with Crippen LogP contribution in [0.4, 0.5) is 10.1 Å². The maximum atomic E-state index is 13.1. The molecule has 0 heterocycles. The zero-order valence-electron chi connectivity index (χ0n) is 17.0. The third kappa shape index (κ3) is 5.52. The average molecular weight is 391 g/mol. The van der Waals surface area contributed by atoms with Crippen LogP contribution < -0.4 is 5.32 Å². The number of halogens is 1. The zero-order valence-corrected chi connectivity index (χ0v) is 17.0. The highest BCUT2D eigenvalue weighted by Crippen LogP contribution is 2.26. The Morgan fingerprint density at radius 3 is 1.93 bits per heavy atom. The SMILES string of the molecule is COCc1ccc(-c2ccc(NC(=O)C(C)(C)Cc3ccc(F)cc3)cc2)cc1. The number of hydrogen-bond acceptors (Lipinski definition) is 2. The Hall–Kier alpha value is -2.98. The van der Waals surface area contributed by atoms with E-state index in [9.17, 15) is 9.18 Å². The third-order valence-electron chi connectivity index (χ3n) is 4.92. The summed E-state index contributed by atoms with van der Waals surface area (Å²) >= 11 is 0. The van der Waals surface area contributed by atoms with Gasteiger partial charge in [-0.1, -0.05) is 62.4 Å². The molecule has 0 spiro atoms. The molecule has 1 amide bonds. The van der Waals surface area contributed by atoms with Crippen molar-refractivity contribution in [2.75, 3.05) is 12.4 Å². The molecule has 1 N–H and O–H groups in total.